The highest BCUT2D eigenvalue weighted by Crippen LogP contribution is 2.29. The summed E-state index contributed by atoms with van der Waals surface area (Å²) in [5.74, 6) is -1.17. The minimum absolute atomic E-state index is 0.0517. The van der Waals surface area contributed by atoms with E-state index in [0.717, 1.165) is 0 Å². The lowest BCUT2D eigenvalue weighted by molar-refractivity contribution is -0.129. The van der Waals surface area contributed by atoms with Gasteiger partial charge in [0.2, 0.25) is 5.91 Å². The van der Waals surface area contributed by atoms with Crippen LogP contribution in [0.15, 0.2) is 47.4 Å². The second-order valence-electron chi connectivity index (χ2n) is 5.56. The van der Waals surface area contributed by atoms with Gasteiger partial charge in [-0.2, -0.15) is 0 Å². The zero-order valence-corrected chi connectivity index (χ0v) is 16.6. The molecule has 0 heterocycles. The van der Waals surface area contributed by atoms with Crippen LogP contribution >= 0.6 is 34.8 Å². The lowest BCUT2D eigenvalue weighted by atomic mass is 10.1. The Balaban J connectivity index is 2.17. The Labute approximate surface area is 162 Å². The van der Waals surface area contributed by atoms with Crippen LogP contribution in [-0.2, 0) is 14.6 Å². The van der Waals surface area contributed by atoms with Crippen molar-refractivity contribution in [2.45, 2.75) is 17.9 Å². The average Bonchev–Trinajstić information content (AvgIpc) is 2.53. The normalized spacial score (nSPS) is 12.7. The highest BCUT2D eigenvalue weighted by Gasteiger charge is 2.25. The second kappa shape index (κ2) is 7.96. The molecule has 0 aliphatic carbocycles. The molecule has 0 N–H and O–H groups in total. The quantitative estimate of drug-likeness (QED) is 0.708. The van der Waals surface area contributed by atoms with Crippen molar-refractivity contribution in [3.05, 3.63) is 63.1 Å². The van der Waals surface area contributed by atoms with E-state index < -0.39 is 27.5 Å². The molecule has 0 saturated carbocycles. The van der Waals surface area contributed by atoms with Gasteiger partial charge in [0.25, 0.3) is 0 Å². The van der Waals surface area contributed by atoms with Crippen LogP contribution in [0, 0.1) is 0 Å². The van der Waals surface area contributed by atoms with Crippen LogP contribution in [0.25, 0.3) is 0 Å². The molecule has 25 heavy (non-hydrogen) atoms. The highest BCUT2D eigenvalue weighted by molar-refractivity contribution is 7.92. The zero-order valence-electron chi connectivity index (χ0n) is 13.5. The molecule has 0 spiro atoms. The van der Waals surface area contributed by atoms with E-state index in [1.807, 2.05) is 0 Å². The number of hydrogen-bond donors (Lipinski definition) is 0. The molecule has 1 atom stereocenters. The molecule has 4 nitrogen and oxygen atoms in total. The first-order valence-electron chi connectivity index (χ1n) is 7.31. The van der Waals surface area contributed by atoms with E-state index in [2.05, 4.69) is 0 Å². The Morgan fingerprint density at radius 3 is 2.16 bits per heavy atom. The Morgan fingerprint density at radius 1 is 1.04 bits per heavy atom. The third-order valence-corrected chi connectivity index (χ3v) is 6.30. The van der Waals surface area contributed by atoms with E-state index in [1.54, 1.807) is 25.1 Å². The predicted molar refractivity (Wildman–Crippen MR) is 101 cm³/mol. The Morgan fingerprint density at radius 2 is 1.60 bits per heavy atom. The molecule has 0 aliphatic heterocycles. The molecule has 0 radical (unpaired) electrons. The maximum atomic E-state index is 12.4. The van der Waals surface area contributed by atoms with Gasteiger partial charge in [0, 0.05) is 22.1 Å². The topological polar surface area (TPSA) is 54.5 Å². The zero-order chi connectivity index (χ0) is 18.8. The fraction of sp³-hybridized carbons (Fsp3) is 0.235. The third kappa shape index (κ3) is 4.88. The van der Waals surface area contributed by atoms with E-state index in [4.69, 9.17) is 34.8 Å². The third-order valence-electron chi connectivity index (χ3n) is 3.87. The number of benzene rings is 2. The van der Waals surface area contributed by atoms with Gasteiger partial charge in [-0.25, -0.2) is 8.42 Å². The molecule has 0 bridgehead atoms. The Bertz CT molecular complexity index is 883. The van der Waals surface area contributed by atoms with Crippen LogP contribution in [0.4, 0.5) is 0 Å². The summed E-state index contributed by atoms with van der Waals surface area (Å²) in [7, 11) is -2.22. The average molecular weight is 421 g/mol. The number of hydrogen-bond acceptors (Lipinski definition) is 3. The highest BCUT2D eigenvalue weighted by atomic mass is 35.5. The van der Waals surface area contributed by atoms with E-state index in [0.29, 0.717) is 20.6 Å². The van der Waals surface area contributed by atoms with Gasteiger partial charge in [0.15, 0.2) is 9.84 Å². The summed E-state index contributed by atoms with van der Waals surface area (Å²) >= 11 is 17.8. The van der Waals surface area contributed by atoms with Crippen molar-refractivity contribution < 1.29 is 13.2 Å². The van der Waals surface area contributed by atoms with E-state index in [9.17, 15) is 13.2 Å². The van der Waals surface area contributed by atoms with Gasteiger partial charge in [-0.05, 0) is 48.9 Å². The lowest BCUT2D eigenvalue weighted by Gasteiger charge is -2.26. The van der Waals surface area contributed by atoms with Crippen LogP contribution in [0.2, 0.25) is 15.1 Å². The fourth-order valence-corrected chi connectivity index (χ4v) is 4.19. The van der Waals surface area contributed by atoms with Gasteiger partial charge < -0.3 is 4.90 Å². The fourth-order valence-electron chi connectivity index (χ4n) is 2.25. The molecule has 2 rings (SSSR count). The van der Waals surface area contributed by atoms with Gasteiger partial charge in [0.05, 0.1) is 10.9 Å². The van der Waals surface area contributed by atoms with Crippen molar-refractivity contribution in [2.24, 2.45) is 0 Å². The molecule has 0 saturated heterocycles. The number of amides is 1. The smallest absolute Gasteiger partial charge is 0.238 e. The summed E-state index contributed by atoms with van der Waals surface area (Å²) in [6.45, 7) is 1.77. The van der Waals surface area contributed by atoms with Gasteiger partial charge in [0.1, 0.15) is 5.75 Å². The summed E-state index contributed by atoms with van der Waals surface area (Å²) < 4.78 is 24.8. The summed E-state index contributed by atoms with van der Waals surface area (Å²) in [4.78, 5) is 13.8. The van der Waals surface area contributed by atoms with E-state index >= 15 is 0 Å². The number of rotatable bonds is 5. The molecule has 1 amide bonds. The first kappa shape index (κ1) is 20.0. The van der Waals surface area contributed by atoms with Crippen molar-refractivity contribution in [2.75, 3.05) is 12.8 Å². The van der Waals surface area contributed by atoms with Crippen molar-refractivity contribution >= 4 is 50.5 Å². The molecule has 0 aliphatic rings. The maximum absolute atomic E-state index is 12.4. The minimum Gasteiger partial charge on any atom is -0.338 e. The van der Waals surface area contributed by atoms with Crippen LogP contribution in [-0.4, -0.2) is 32.0 Å². The Hall–Kier alpha value is -1.27. The summed E-state index contributed by atoms with van der Waals surface area (Å²) in [6.07, 6.45) is 0. The van der Waals surface area contributed by atoms with E-state index in [-0.39, 0.29) is 4.90 Å². The second-order valence-corrected chi connectivity index (χ2v) is 8.83. The molecule has 2 aromatic rings. The lowest BCUT2D eigenvalue weighted by Crippen LogP contribution is -2.34. The standard InChI is InChI=1S/C17H16Cl3NO3S/c1-11(15-8-5-13(19)9-16(15)20)21(2)17(22)10-25(23,24)14-6-3-12(18)4-7-14/h3-9,11H,10H2,1-2H3. The van der Waals surface area contributed by atoms with Gasteiger partial charge >= 0.3 is 0 Å². The van der Waals surface area contributed by atoms with Crippen LogP contribution in [0.1, 0.15) is 18.5 Å². The number of carbonyl (C=O) groups is 1. The Kier molecular flexibility index (Phi) is 6.38. The van der Waals surface area contributed by atoms with Crippen LogP contribution in [0.3, 0.4) is 0 Å². The maximum Gasteiger partial charge on any atom is 0.238 e. The summed E-state index contributed by atoms with van der Waals surface area (Å²) in [5, 5.41) is 1.33. The van der Waals surface area contributed by atoms with Crippen LogP contribution in [0.5, 0.6) is 0 Å². The molecular formula is C17H16Cl3NO3S. The monoisotopic (exact) mass is 419 g/mol. The number of nitrogens with zero attached hydrogens (tertiary/aromatic N) is 1. The van der Waals surface area contributed by atoms with Gasteiger partial charge in [-0.3, -0.25) is 4.79 Å². The van der Waals surface area contributed by atoms with Crippen molar-refractivity contribution in [1.29, 1.82) is 0 Å². The molecule has 134 valence electrons. The predicted octanol–water partition coefficient (Wildman–Crippen LogP) is 4.64. The summed E-state index contributed by atoms with van der Waals surface area (Å²) in [6, 6.07) is 10.3. The van der Waals surface area contributed by atoms with Crippen LogP contribution < -0.4 is 0 Å². The number of sulfone groups is 1. The van der Waals surface area contributed by atoms with E-state index in [1.165, 1.54) is 36.2 Å². The number of carbonyl (C=O) groups excluding carboxylic acids is 1. The molecular weight excluding hydrogens is 405 g/mol. The SMILES string of the molecule is CC(c1ccc(Cl)cc1Cl)N(C)C(=O)CS(=O)(=O)c1ccc(Cl)cc1. The van der Waals surface area contributed by atoms with Crippen molar-refractivity contribution in [3.8, 4) is 0 Å². The molecule has 8 heteroatoms. The number of halogens is 3. The molecule has 0 aromatic heterocycles. The molecule has 1 unspecified atom stereocenters. The van der Waals surface area contributed by atoms with Crippen molar-refractivity contribution in [3.63, 3.8) is 0 Å². The van der Waals surface area contributed by atoms with Gasteiger partial charge in [-0.1, -0.05) is 40.9 Å². The largest absolute Gasteiger partial charge is 0.338 e. The van der Waals surface area contributed by atoms with Crippen molar-refractivity contribution in [1.82, 2.24) is 4.90 Å². The van der Waals surface area contributed by atoms with Gasteiger partial charge in [-0.15, -0.1) is 0 Å². The molecule has 2 aromatic carbocycles. The first-order valence-corrected chi connectivity index (χ1v) is 10.1. The molecule has 0 fully saturated rings. The first-order chi connectivity index (χ1) is 11.6. The summed E-state index contributed by atoms with van der Waals surface area (Å²) in [5.41, 5.74) is 0.686. The minimum atomic E-state index is -3.76.